The van der Waals surface area contributed by atoms with E-state index in [2.05, 4.69) is 19.2 Å². The molecule has 0 radical (unpaired) electrons. The number of hydrogen-bond acceptors (Lipinski definition) is 5. The highest BCUT2D eigenvalue weighted by atomic mass is 16.5. The molecule has 1 aromatic carbocycles. The Hall–Kier alpha value is -2.67. The van der Waals surface area contributed by atoms with E-state index in [9.17, 15) is 14.4 Å². The van der Waals surface area contributed by atoms with Gasteiger partial charge in [0.25, 0.3) is 0 Å². The fraction of sp³-hybridized carbons (Fsp3) is 0.656. The van der Waals surface area contributed by atoms with E-state index in [-0.39, 0.29) is 54.7 Å². The van der Waals surface area contributed by atoms with Crippen LogP contribution in [0.1, 0.15) is 77.2 Å². The summed E-state index contributed by atoms with van der Waals surface area (Å²) in [5, 5.41) is 3.11. The van der Waals surface area contributed by atoms with Gasteiger partial charge in [0.2, 0.25) is 11.8 Å². The van der Waals surface area contributed by atoms with Crippen LogP contribution in [0.2, 0.25) is 0 Å². The molecule has 7 heteroatoms. The number of benzene rings is 1. The summed E-state index contributed by atoms with van der Waals surface area (Å²) in [6.45, 7) is 5.20. The van der Waals surface area contributed by atoms with Crippen molar-refractivity contribution in [2.24, 2.45) is 29.1 Å². The van der Waals surface area contributed by atoms with E-state index in [1.807, 2.05) is 36.4 Å². The minimum absolute atomic E-state index is 0.0634. The summed E-state index contributed by atoms with van der Waals surface area (Å²) in [6, 6.07) is 9.84. The maximum absolute atomic E-state index is 14.2. The molecular formula is C32H44N2O5. The highest BCUT2D eigenvalue weighted by Crippen LogP contribution is 2.56. The largest absolute Gasteiger partial charge is 0.468 e. The Labute approximate surface area is 232 Å². The van der Waals surface area contributed by atoms with E-state index < -0.39 is 11.3 Å². The summed E-state index contributed by atoms with van der Waals surface area (Å²) in [5.74, 6) is -0.285. The molecule has 212 valence electrons. The van der Waals surface area contributed by atoms with E-state index >= 15 is 0 Å². The van der Waals surface area contributed by atoms with Gasteiger partial charge >= 0.3 is 5.97 Å². The number of rotatable bonds is 9. The van der Waals surface area contributed by atoms with Crippen molar-refractivity contribution in [3.05, 3.63) is 47.7 Å². The van der Waals surface area contributed by atoms with E-state index in [0.717, 1.165) is 31.2 Å². The van der Waals surface area contributed by atoms with Crippen LogP contribution in [0.5, 0.6) is 0 Å². The van der Waals surface area contributed by atoms with Crippen molar-refractivity contribution in [3.63, 3.8) is 0 Å². The summed E-state index contributed by atoms with van der Waals surface area (Å²) in [6.07, 6.45) is 9.66. The summed E-state index contributed by atoms with van der Waals surface area (Å²) in [7, 11) is 1.41. The summed E-state index contributed by atoms with van der Waals surface area (Å²) < 4.78 is 12.1. The third-order valence-corrected chi connectivity index (χ3v) is 9.23. The fourth-order valence-corrected chi connectivity index (χ4v) is 6.92. The van der Waals surface area contributed by atoms with Crippen molar-refractivity contribution >= 4 is 17.8 Å². The SMILES string of the molecule is COC(=O)[C@@]12C[C@H](CC(=O)NCC3CCCCC3)C(=O)N(Cc3ccccc3)C1=C[C@@H](C(C)C)O[C@H]2C1CC1. The third kappa shape index (κ3) is 5.79. The Balaban J connectivity index is 1.48. The molecular weight excluding hydrogens is 492 g/mol. The zero-order valence-electron chi connectivity index (χ0n) is 23.7. The molecule has 5 rings (SSSR count). The van der Waals surface area contributed by atoms with Crippen molar-refractivity contribution in [1.29, 1.82) is 0 Å². The first-order chi connectivity index (χ1) is 18.8. The Morgan fingerprint density at radius 1 is 1.10 bits per heavy atom. The number of nitrogens with one attached hydrogen (secondary N) is 1. The second-order valence-electron chi connectivity index (χ2n) is 12.4. The van der Waals surface area contributed by atoms with Gasteiger partial charge in [-0.15, -0.1) is 0 Å². The minimum Gasteiger partial charge on any atom is -0.468 e. The standard InChI is InChI=1S/C32H44N2O5/c1-21(2)26-17-27-32(31(37)38-3,29(39-26)24-14-15-24)18-25(16-28(35)33-19-22-10-6-4-7-11-22)30(36)34(27)20-23-12-8-5-9-13-23/h5,8-9,12-13,17,21-22,24-26,29H,4,6-7,10-11,14-16,18-20H2,1-3H3,(H,33,35)/t25-,26-,29-,32-/m0/s1. The van der Waals surface area contributed by atoms with Gasteiger partial charge in [0.1, 0.15) is 5.41 Å². The van der Waals surface area contributed by atoms with Crippen molar-refractivity contribution in [2.45, 2.75) is 90.4 Å². The van der Waals surface area contributed by atoms with Gasteiger partial charge in [-0.2, -0.15) is 0 Å². The lowest BCUT2D eigenvalue weighted by atomic mass is 9.64. The molecule has 2 heterocycles. The smallest absolute Gasteiger partial charge is 0.320 e. The number of fused-ring (bicyclic) bond motifs is 1. The number of methoxy groups -OCH3 is 1. The van der Waals surface area contributed by atoms with Crippen LogP contribution >= 0.6 is 0 Å². The van der Waals surface area contributed by atoms with Crippen LogP contribution in [0.3, 0.4) is 0 Å². The van der Waals surface area contributed by atoms with Crippen molar-refractivity contribution in [3.8, 4) is 0 Å². The number of amides is 2. The molecule has 2 saturated carbocycles. The predicted octanol–water partition coefficient (Wildman–Crippen LogP) is 5.00. The van der Waals surface area contributed by atoms with Gasteiger partial charge in [-0.3, -0.25) is 14.4 Å². The van der Waals surface area contributed by atoms with Gasteiger partial charge in [0.05, 0.1) is 25.9 Å². The number of esters is 1. The Morgan fingerprint density at radius 3 is 2.46 bits per heavy atom. The molecule has 0 unspecified atom stereocenters. The zero-order valence-corrected chi connectivity index (χ0v) is 23.7. The van der Waals surface area contributed by atoms with Gasteiger partial charge in [0.15, 0.2) is 0 Å². The molecule has 3 fully saturated rings. The summed E-state index contributed by atoms with van der Waals surface area (Å²) >= 11 is 0. The lowest BCUT2D eigenvalue weighted by molar-refractivity contribution is -0.182. The van der Waals surface area contributed by atoms with Gasteiger partial charge < -0.3 is 19.7 Å². The molecule has 39 heavy (non-hydrogen) atoms. The van der Waals surface area contributed by atoms with Crippen LogP contribution in [0.15, 0.2) is 42.1 Å². The van der Waals surface area contributed by atoms with Crippen LogP contribution in [0.25, 0.3) is 0 Å². The molecule has 1 saturated heterocycles. The molecule has 1 N–H and O–H groups in total. The van der Waals surface area contributed by atoms with Gasteiger partial charge in [-0.25, -0.2) is 0 Å². The Kier molecular flexibility index (Phi) is 8.46. The molecule has 0 spiro atoms. The molecule has 0 aromatic heterocycles. The first-order valence-corrected chi connectivity index (χ1v) is 14.9. The van der Waals surface area contributed by atoms with E-state index in [0.29, 0.717) is 24.7 Å². The van der Waals surface area contributed by atoms with E-state index in [1.165, 1.54) is 26.4 Å². The number of likely N-dealkylation sites (tertiary alicyclic amines) is 1. The molecule has 4 atom stereocenters. The van der Waals surface area contributed by atoms with Crippen LogP contribution in [0.4, 0.5) is 0 Å². The Morgan fingerprint density at radius 2 is 1.82 bits per heavy atom. The Bertz CT molecular complexity index is 1080. The normalized spacial score (nSPS) is 29.5. The second-order valence-corrected chi connectivity index (χ2v) is 12.4. The lowest BCUT2D eigenvalue weighted by Crippen LogP contribution is -2.61. The lowest BCUT2D eigenvalue weighted by Gasteiger charge is -2.53. The average Bonchev–Trinajstić information content (AvgIpc) is 3.79. The molecule has 4 aliphatic rings. The summed E-state index contributed by atoms with van der Waals surface area (Å²) in [5.41, 5.74) is 0.561. The second kappa shape index (κ2) is 11.8. The minimum atomic E-state index is -1.11. The van der Waals surface area contributed by atoms with Crippen LogP contribution in [-0.4, -0.2) is 48.5 Å². The monoisotopic (exact) mass is 536 g/mol. The predicted molar refractivity (Wildman–Crippen MR) is 148 cm³/mol. The maximum Gasteiger partial charge on any atom is 0.320 e. The van der Waals surface area contributed by atoms with Gasteiger partial charge in [-0.05, 0) is 61.5 Å². The van der Waals surface area contributed by atoms with Gasteiger partial charge in [0, 0.05) is 24.6 Å². The maximum atomic E-state index is 14.2. The van der Waals surface area contributed by atoms with E-state index in [1.54, 1.807) is 4.90 Å². The number of piperidine rings is 1. The quantitative estimate of drug-likeness (QED) is 0.449. The topological polar surface area (TPSA) is 84.9 Å². The zero-order chi connectivity index (χ0) is 27.6. The first kappa shape index (κ1) is 27.9. The first-order valence-electron chi connectivity index (χ1n) is 14.9. The number of carbonyl (C=O) groups excluding carboxylic acids is 3. The van der Waals surface area contributed by atoms with Crippen molar-refractivity contribution in [1.82, 2.24) is 10.2 Å². The molecule has 0 bridgehead atoms. The molecule has 2 aliphatic heterocycles. The average molecular weight is 537 g/mol. The van der Waals surface area contributed by atoms with Crippen molar-refractivity contribution < 1.29 is 23.9 Å². The fourth-order valence-electron chi connectivity index (χ4n) is 6.92. The highest BCUT2D eigenvalue weighted by Gasteiger charge is 2.63. The number of carbonyl (C=O) groups is 3. The number of ether oxygens (including phenoxy) is 2. The molecule has 2 amide bonds. The highest BCUT2D eigenvalue weighted by molar-refractivity contribution is 5.92. The summed E-state index contributed by atoms with van der Waals surface area (Å²) in [4.78, 5) is 42.9. The van der Waals surface area contributed by atoms with E-state index in [4.69, 9.17) is 9.47 Å². The molecule has 7 nitrogen and oxygen atoms in total. The van der Waals surface area contributed by atoms with Crippen molar-refractivity contribution in [2.75, 3.05) is 13.7 Å². The van der Waals surface area contributed by atoms with Crippen LogP contribution in [-0.2, 0) is 30.4 Å². The van der Waals surface area contributed by atoms with Crippen LogP contribution in [0, 0.1) is 29.1 Å². The molecule has 2 aliphatic carbocycles. The number of nitrogens with zero attached hydrogens (tertiary/aromatic N) is 1. The molecule has 1 aromatic rings. The number of hydrogen-bond donors (Lipinski definition) is 1. The third-order valence-electron chi connectivity index (χ3n) is 9.23. The van der Waals surface area contributed by atoms with Gasteiger partial charge in [-0.1, -0.05) is 63.4 Å². The van der Waals surface area contributed by atoms with Crippen LogP contribution < -0.4 is 5.32 Å².